The predicted molar refractivity (Wildman–Crippen MR) is 109 cm³/mol. The molecule has 5 heteroatoms. The van der Waals surface area contributed by atoms with Gasteiger partial charge in [0.1, 0.15) is 16.5 Å². The Balaban J connectivity index is 2.00. The molecule has 0 amide bonds. The summed E-state index contributed by atoms with van der Waals surface area (Å²) in [5.74, 6) is -1.13. The molecular formula is C22H24F2N2S. The summed E-state index contributed by atoms with van der Waals surface area (Å²) in [6, 6.07) is 11.4. The van der Waals surface area contributed by atoms with E-state index in [0.29, 0.717) is 0 Å². The summed E-state index contributed by atoms with van der Waals surface area (Å²) in [6.07, 6.45) is 4.50. The zero-order valence-corrected chi connectivity index (χ0v) is 16.3. The monoisotopic (exact) mass is 386 g/mol. The van der Waals surface area contributed by atoms with Crippen molar-refractivity contribution in [3.63, 3.8) is 0 Å². The molecule has 0 radical (unpaired) electrons. The molecule has 0 saturated heterocycles. The molecule has 0 aromatic heterocycles. The van der Waals surface area contributed by atoms with E-state index in [2.05, 4.69) is 31.0 Å². The molecule has 27 heavy (non-hydrogen) atoms. The largest absolute Gasteiger partial charge is 0.371 e. The molecule has 0 spiro atoms. The average molecular weight is 387 g/mol. The molecule has 1 aliphatic carbocycles. The summed E-state index contributed by atoms with van der Waals surface area (Å²) >= 11 is 1.25. The van der Waals surface area contributed by atoms with Gasteiger partial charge in [0, 0.05) is 11.3 Å². The fraction of sp³-hybridized carbons (Fsp3) is 0.318. The third kappa shape index (κ3) is 4.24. The first-order valence-corrected chi connectivity index (χ1v) is 10.0. The van der Waals surface area contributed by atoms with E-state index in [0.717, 1.165) is 61.6 Å². The summed E-state index contributed by atoms with van der Waals surface area (Å²) in [5, 5.41) is 12.1. The Bertz CT molecular complexity index is 865. The molecule has 1 unspecified atom stereocenters. The van der Waals surface area contributed by atoms with Gasteiger partial charge >= 0.3 is 0 Å². The van der Waals surface area contributed by atoms with Gasteiger partial charge in [0.2, 0.25) is 0 Å². The van der Waals surface area contributed by atoms with Crippen LogP contribution in [0.15, 0.2) is 54.7 Å². The van der Waals surface area contributed by atoms with Gasteiger partial charge in [-0.2, -0.15) is 0 Å². The number of fused-ring (bicyclic) bond motifs is 1. The number of allylic oxidation sites excluding steroid dienone is 1. The molecule has 1 atom stereocenters. The van der Waals surface area contributed by atoms with Crippen LogP contribution < -0.4 is 5.32 Å². The van der Waals surface area contributed by atoms with Crippen molar-refractivity contribution in [3.05, 3.63) is 83.1 Å². The second kappa shape index (κ2) is 8.26. The van der Waals surface area contributed by atoms with Gasteiger partial charge in [-0.05, 0) is 55.0 Å². The van der Waals surface area contributed by atoms with Crippen LogP contribution in [-0.4, -0.2) is 5.04 Å². The molecule has 0 fully saturated rings. The molecule has 2 aromatic rings. The Morgan fingerprint density at radius 3 is 2.81 bits per heavy atom. The van der Waals surface area contributed by atoms with E-state index in [1.165, 1.54) is 17.3 Å². The van der Waals surface area contributed by atoms with Crippen LogP contribution in [0.25, 0.3) is 0 Å². The first-order valence-electron chi connectivity index (χ1n) is 9.22. The molecule has 0 bridgehead atoms. The molecular weight excluding hydrogens is 362 g/mol. The summed E-state index contributed by atoms with van der Waals surface area (Å²) < 4.78 is 27.8. The van der Waals surface area contributed by atoms with Crippen LogP contribution in [0.1, 0.15) is 49.3 Å². The highest BCUT2D eigenvalue weighted by Crippen LogP contribution is 2.46. The fourth-order valence-electron chi connectivity index (χ4n) is 3.61. The Kier molecular flexibility index (Phi) is 6.00. The van der Waals surface area contributed by atoms with Gasteiger partial charge in [-0.3, -0.25) is 5.41 Å². The highest BCUT2D eigenvalue weighted by atomic mass is 32.2. The van der Waals surface area contributed by atoms with Gasteiger partial charge in [0.15, 0.2) is 0 Å². The summed E-state index contributed by atoms with van der Waals surface area (Å²) in [6.45, 7) is 6.23. The zero-order chi connectivity index (χ0) is 19.4. The molecule has 142 valence electrons. The van der Waals surface area contributed by atoms with Crippen molar-refractivity contribution in [2.75, 3.05) is 0 Å². The molecule has 2 nitrogen and oxygen atoms in total. The first-order chi connectivity index (χ1) is 12.9. The van der Waals surface area contributed by atoms with Crippen LogP contribution in [0.5, 0.6) is 0 Å². The van der Waals surface area contributed by atoms with E-state index in [9.17, 15) is 8.78 Å². The molecule has 2 aromatic carbocycles. The number of benzene rings is 2. The number of nitrogens with one attached hydrogen (secondary N) is 2. The van der Waals surface area contributed by atoms with Crippen LogP contribution in [-0.2, 0) is 11.3 Å². The quantitative estimate of drug-likeness (QED) is 0.357. The number of thioether (sulfide) groups is 1. The lowest BCUT2D eigenvalue weighted by molar-refractivity contribution is 0.446. The Morgan fingerprint density at radius 1 is 1.26 bits per heavy atom. The molecule has 0 aliphatic heterocycles. The van der Waals surface area contributed by atoms with Crippen molar-refractivity contribution in [1.29, 1.82) is 5.41 Å². The maximum absolute atomic E-state index is 14.2. The van der Waals surface area contributed by atoms with Gasteiger partial charge < -0.3 is 5.32 Å². The summed E-state index contributed by atoms with van der Waals surface area (Å²) in [4.78, 5) is -0.600. The standard InChI is InChI=1S/C22H24F2N2S/c1-3-7-15(2)26-22(13-6-9-16-8-4-5-10-19(16)22)27-21(25)18-14-17(23)11-12-20(18)24/h4-5,8,10-12,14,25-26H,2-3,6-7,9,13H2,1H3. The number of aryl methyl sites for hydroxylation is 1. The van der Waals surface area contributed by atoms with Crippen molar-refractivity contribution in [2.45, 2.75) is 43.9 Å². The number of hydrogen-bond acceptors (Lipinski definition) is 3. The highest BCUT2D eigenvalue weighted by molar-refractivity contribution is 8.15. The molecule has 2 N–H and O–H groups in total. The van der Waals surface area contributed by atoms with Crippen molar-refractivity contribution in [2.24, 2.45) is 0 Å². The highest BCUT2D eigenvalue weighted by Gasteiger charge is 2.39. The Hall–Kier alpha value is -2.14. The van der Waals surface area contributed by atoms with Crippen LogP contribution in [0, 0.1) is 17.0 Å². The Labute approximate surface area is 163 Å². The third-order valence-corrected chi connectivity index (χ3v) is 6.11. The SMILES string of the molecule is C=C(CCC)NC1(SC(=N)c2cc(F)ccc2F)CCCc2ccccc21. The molecule has 3 rings (SSSR count). The van der Waals surface area contributed by atoms with Gasteiger partial charge in [-0.25, -0.2) is 8.78 Å². The van der Waals surface area contributed by atoms with E-state index >= 15 is 0 Å². The van der Waals surface area contributed by atoms with E-state index in [1.54, 1.807) is 0 Å². The smallest absolute Gasteiger partial charge is 0.133 e. The van der Waals surface area contributed by atoms with Crippen LogP contribution in [0.3, 0.4) is 0 Å². The fourth-order valence-corrected chi connectivity index (χ4v) is 4.97. The minimum absolute atomic E-state index is 0.00895. The van der Waals surface area contributed by atoms with E-state index in [-0.39, 0.29) is 10.6 Å². The van der Waals surface area contributed by atoms with Crippen LogP contribution in [0.2, 0.25) is 0 Å². The van der Waals surface area contributed by atoms with Crippen molar-refractivity contribution >= 4 is 16.8 Å². The van der Waals surface area contributed by atoms with Crippen LogP contribution in [0.4, 0.5) is 8.78 Å². The second-order valence-corrected chi connectivity index (χ2v) is 8.18. The lowest BCUT2D eigenvalue weighted by Gasteiger charge is -2.40. The van der Waals surface area contributed by atoms with Gasteiger partial charge in [-0.15, -0.1) is 0 Å². The van der Waals surface area contributed by atoms with E-state index < -0.39 is 16.5 Å². The lowest BCUT2D eigenvalue weighted by Crippen LogP contribution is -2.42. The van der Waals surface area contributed by atoms with Gasteiger partial charge in [0.05, 0.1) is 5.04 Å². The summed E-state index contributed by atoms with van der Waals surface area (Å²) in [5.41, 5.74) is 3.21. The maximum atomic E-state index is 14.2. The lowest BCUT2D eigenvalue weighted by atomic mass is 9.87. The molecule has 0 saturated carbocycles. The normalized spacial score (nSPS) is 18.6. The van der Waals surface area contributed by atoms with Crippen LogP contribution >= 0.6 is 11.8 Å². The topological polar surface area (TPSA) is 35.9 Å². The van der Waals surface area contributed by atoms with Crippen molar-refractivity contribution < 1.29 is 8.78 Å². The van der Waals surface area contributed by atoms with E-state index in [1.807, 2.05) is 12.1 Å². The minimum Gasteiger partial charge on any atom is -0.371 e. The van der Waals surface area contributed by atoms with Crippen molar-refractivity contribution in [1.82, 2.24) is 5.32 Å². The van der Waals surface area contributed by atoms with Gasteiger partial charge in [-0.1, -0.05) is 56.0 Å². The Morgan fingerprint density at radius 2 is 2.04 bits per heavy atom. The van der Waals surface area contributed by atoms with E-state index in [4.69, 9.17) is 5.41 Å². The number of rotatable bonds is 6. The predicted octanol–water partition coefficient (Wildman–Crippen LogP) is 6.12. The van der Waals surface area contributed by atoms with Crippen molar-refractivity contribution in [3.8, 4) is 0 Å². The first kappa shape index (κ1) is 19.6. The second-order valence-electron chi connectivity index (χ2n) is 6.87. The third-order valence-electron chi connectivity index (χ3n) is 4.81. The summed E-state index contributed by atoms with van der Waals surface area (Å²) in [7, 11) is 0. The average Bonchev–Trinajstić information content (AvgIpc) is 2.64. The van der Waals surface area contributed by atoms with Gasteiger partial charge in [0.25, 0.3) is 0 Å². The number of hydrogen-bond donors (Lipinski definition) is 2. The zero-order valence-electron chi connectivity index (χ0n) is 15.4. The minimum atomic E-state index is -0.600. The molecule has 0 heterocycles. The maximum Gasteiger partial charge on any atom is 0.133 e. The molecule has 1 aliphatic rings. The number of halogens is 2.